The van der Waals surface area contributed by atoms with Gasteiger partial charge < -0.3 is 19.9 Å². The second kappa shape index (κ2) is 7.13. The third kappa shape index (κ3) is 3.75. The summed E-state index contributed by atoms with van der Waals surface area (Å²) in [4.78, 5) is 39.5. The molecule has 1 aromatic carbocycles. The van der Waals surface area contributed by atoms with Crippen molar-refractivity contribution >= 4 is 23.4 Å². The Morgan fingerprint density at radius 1 is 1.16 bits per heavy atom. The Morgan fingerprint density at radius 2 is 1.80 bits per heavy atom. The second-order valence-corrected chi connectivity index (χ2v) is 6.37. The molecule has 2 aliphatic rings. The highest BCUT2D eigenvalue weighted by Crippen LogP contribution is 2.30. The van der Waals surface area contributed by atoms with Crippen LogP contribution in [0, 0.1) is 0 Å². The zero-order chi connectivity index (χ0) is 18.0. The molecule has 134 valence electrons. The smallest absolute Gasteiger partial charge is 0.265 e. The van der Waals surface area contributed by atoms with E-state index in [1.807, 2.05) is 13.0 Å². The Hall–Kier alpha value is -2.57. The maximum absolute atomic E-state index is 12.5. The Balaban J connectivity index is 1.60. The van der Waals surface area contributed by atoms with Crippen LogP contribution < -0.4 is 10.1 Å². The van der Waals surface area contributed by atoms with Crippen LogP contribution in [-0.2, 0) is 20.8 Å². The minimum absolute atomic E-state index is 0.0277. The molecular weight excluding hydrogens is 322 g/mol. The van der Waals surface area contributed by atoms with Crippen LogP contribution in [0.1, 0.15) is 25.8 Å². The summed E-state index contributed by atoms with van der Waals surface area (Å²) < 4.78 is 5.52. The van der Waals surface area contributed by atoms with Gasteiger partial charge in [-0.3, -0.25) is 14.4 Å². The molecule has 7 heteroatoms. The Morgan fingerprint density at radius 3 is 2.44 bits per heavy atom. The van der Waals surface area contributed by atoms with Gasteiger partial charge >= 0.3 is 0 Å². The topological polar surface area (TPSA) is 79.0 Å². The minimum Gasteiger partial charge on any atom is -0.479 e. The van der Waals surface area contributed by atoms with Crippen LogP contribution >= 0.6 is 0 Å². The number of rotatable bonds is 3. The van der Waals surface area contributed by atoms with Crippen molar-refractivity contribution < 1.29 is 19.1 Å². The molecule has 0 saturated carbocycles. The predicted octanol–water partition coefficient (Wildman–Crippen LogP) is 1.03. The lowest BCUT2D eigenvalue weighted by molar-refractivity contribution is -0.139. The van der Waals surface area contributed by atoms with Crippen molar-refractivity contribution in [3.63, 3.8) is 0 Å². The van der Waals surface area contributed by atoms with Gasteiger partial charge in [0.2, 0.25) is 11.8 Å². The first-order chi connectivity index (χ1) is 12.0. The monoisotopic (exact) mass is 345 g/mol. The number of carbonyl (C=O) groups is 3. The first-order valence-corrected chi connectivity index (χ1v) is 8.64. The number of ether oxygens (including phenoxy) is 1. The van der Waals surface area contributed by atoms with E-state index in [1.54, 1.807) is 28.9 Å². The van der Waals surface area contributed by atoms with Gasteiger partial charge in [-0.15, -0.1) is 0 Å². The number of fused-ring (bicyclic) bond motifs is 1. The van der Waals surface area contributed by atoms with Gasteiger partial charge in [0.05, 0.1) is 12.1 Å². The molecule has 1 unspecified atom stereocenters. The zero-order valence-corrected chi connectivity index (χ0v) is 14.6. The Labute approximate surface area is 146 Å². The van der Waals surface area contributed by atoms with Crippen LogP contribution in [-0.4, -0.2) is 59.8 Å². The molecule has 0 bridgehead atoms. The van der Waals surface area contributed by atoms with Gasteiger partial charge in [0, 0.05) is 32.6 Å². The highest BCUT2D eigenvalue weighted by Gasteiger charge is 2.25. The molecule has 3 rings (SSSR count). The molecule has 3 amide bonds. The van der Waals surface area contributed by atoms with Gasteiger partial charge in [0.1, 0.15) is 5.75 Å². The van der Waals surface area contributed by atoms with E-state index >= 15 is 0 Å². The van der Waals surface area contributed by atoms with Crippen LogP contribution in [0.25, 0.3) is 0 Å². The fourth-order valence-electron chi connectivity index (χ4n) is 3.08. The molecule has 2 heterocycles. The molecule has 1 N–H and O–H groups in total. The maximum atomic E-state index is 12.5. The van der Waals surface area contributed by atoms with E-state index in [4.69, 9.17) is 4.74 Å². The summed E-state index contributed by atoms with van der Waals surface area (Å²) in [5, 5.41) is 2.79. The molecule has 1 aromatic rings. The third-order valence-electron chi connectivity index (χ3n) is 4.62. The molecular formula is C18H23N3O4. The number of nitrogens with one attached hydrogen (secondary N) is 1. The van der Waals surface area contributed by atoms with Gasteiger partial charge in [0.15, 0.2) is 6.10 Å². The lowest BCUT2D eigenvalue weighted by Crippen LogP contribution is -2.50. The standard InChI is InChI=1S/C18H23N3O4/c1-3-16(22)20-6-8-21(9-7-20)17(23)11-13-4-5-15-14(10-13)19-18(24)12(2)25-15/h4-5,10,12H,3,6-9,11H2,1-2H3,(H,19,24). The predicted molar refractivity (Wildman–Crippen MR) is 92.3 cm³/mol. The molecule has 1 saturated heterocycles. The minimum atomic E-state index is -0.512. The second-order valence-electron chi connectivity index (χ2n) is 6.37. The molecule has 0 aromatic heterocycles. The van der Waals surface area contributed by atoms with Crippen LogP contribution in [0.5, 0.6) is 5.75 Å². The first kappa shape index (κ1) is 17.3. The third-order valence-corrected chi connectivity index (χ3v) is 4.62. The van der Waals surface area contributed by atoms with Gasteiger partial charge in [-0.05, 0) is 24.6 Å². The fraction of sp³-hybridized carbons (Fsp3) is 0.500. The van der Waals surface area contributed by atoms with Crippen molar-refractivity contribution in [1.29, 1.82) is 0 Å². The van der Waals surface area contributed by atoms with Crippen LogP contribution in [0.4, 0.5) is 5.69 Å². The van der Waals surface area contributed by atoms with Crippen LogP contribution in [0.3, 0.4) is 0 Å². The lowest BCUT2D eigenvalue weighted by Gasteiger charge is -2.34. The summed E-state index contributed by atoms with van der Waals surface area (Å²) in [7, 11) is 0. The van der Waals surface area contributed by atoms with Gasteiger partial charge in [-0.25, -0.2) is 0 Å². The fourth-order valence-corrected chi connectivity index (χ4v) is 3.08. The Kier molecular flexibility index (Phi) is 4.92. The molecule has 0 aliphatic carbocycles. The number of anilines is 1. The van der Waals surface area contributed by atoms with Crippen molar-refractivity contribution in [2.45, 2.75) is 32.8 Å². The molecule has 2 aliphatic heterocycles. The van der Waals surface area contributed by atoms with Crippen molar-refractivity contribution in [2.24, 2.45) is 0 Å². The van der Waals surface area contributed by atoms with Crippen molar-refractivity contribution in [1.82, 2.24) is 9.80 Å². The van der Waals surface area contributed by atoms with E-state index in [9.17, 15) is 14.4 Å². The molecule has 1 atom stereocenters. The van der Waals surface area contributed by atoms with E-state index in [-0.39, 0.29) is 24.1 Å². The maximum Gasteiger partial charge on any atom is 0.265 e. The van der Waals surface area contributed by atoms with Crippen molar-refractivity contribution in [2.75, 3.05) is 31.5 Å². The lowest BCUT2D eigenvalue weighted by atomic mass is 10.1. The number of carbonyl (C=O) groups excluding carboxylic acids is 3. The van der Waals surface area contributed by atoms with Gasteiger partial charge in [-0.1, -0.05) is 13.0 Å². The zero-order valence-electron chi connectivity index (χ0n) is 14.6. The molecule has 1 fully saturated rings. The van der Waals surface area contributed by atoms with Crippen LogP contribution in [0.15, 0.2) is 18.2 Å². The summed E-state index contributed by atoms with van der Waals surface area (Å²) in [5.74, 6) is 0.592. The number of hydrogen-bond acceptors (Lipinski definition) is 4. The summed E-state index contributed by atoms with van der Waals surface area (Å²) in [5.41, 5.74) is 1.43. The normalized spacial score (nSPS) is 19.8. The van der Waals surface area contributed by atoms with Crippen molar-refractivity contribution in [3.8, 4) is 5.75 Å². The van der Waals surface area contributed by atoms with E-state index in [0.29, 0.717) is 44.0 Å². The van der Waals surface area contributed by atoms with E-state index in [0.717, 1.165) is 5.56 Å². The van der Waals surface area contributed by atoms with E-state index < -0.39 is 6.10 Å². The van der Waals surface area contributed by atoms with Gasteiger partial charge in [-0.2, -0.15) is 0 Å². The van der Waals surface area contributed by atoms with E-state index in [1.165, 1.54) is 0 Å². The summed E-state index contributed by atoms with van der Waals surface area (Å²) in [6, 6.07) is 5.41. The molecule has 7 nitrogen and oxygen atoms in total. The number of benzene rings is 1. The average Bonchev–Trinajstić information content (AvgIpc) is 2.62. The summed E-state index contributed by atoms with van der Waals surface area (Å²) >= 11 is 0. The Bertz CT molecular complexity index is 696. The number of nitrogens with zero attached hydrogens (tertiary/aromatic N) is 2. The highest BCUT2D eigenvalue weighted by atomic mass is 16.5. The number of hydrogen-bond donors (Lipinski definition) is 1. The quantitative estimate of drug-likeness (QED) is 0.887. The SMILES string of the molecule is CCC(=O)N1CCN(C(=O)Cc2ccc3c(c2)NC(=O)C(C)O3)CC1. The van der Waals surface area contributed by atoms with Crippen molar-refractivity contribution in [3.05, 3.63) is 23.8 Å². The number of amides is 3. The average molecular weight is 345 g/mol. The largest absolute Gasteiger partial charge is 0.479 e. The van der Waals surface area contributed by atoms with E-state index in [2.05, 4.69) is 5.32 Å². The first-order valence-electron chi connectivity index (χ1n) is 8.64. The molecule has 0 radical (unpaired) electrons. The summed E-state index contributed by atoms with van der Waals surface area (Å²) in [6.07, 6.45) is 0.248. The molecule has 25 heavy (non-hydrogen) atoms. The van der Waals surface area contributed by atoms with Gasteiger partial charge in [0.25, 0.3) is 5.91 Å². The molecule has 0 spiro atoms. The summed E-state index contributed by atoms with van der Waals surface area (Å²) in [6.45, 7) is 5.84. The van der Waals surface area contributed by atoms with Crippen LogP contribution in [0.2, 0.25) is 0 Å². The highest BCUT2D eigenvalue weighted by molar-refractivity contribution is 5.97. The number of piperazine rings is 1.